The van der Waals surface area contributed by atoms with Gasteiger partial charge in [0.1, 0.15) is 5.75 Å². The minimum Gasteiger partial charge on any atom is -0.479 e. The number of rotatable bonds is 6. The number of hydrogen-bond acceptors (Lipinski definition) is 4. The Labute approximate surface area is 132 Å². The number of hydrogen-bond donors (Lipinski definition) is 1. The second-order valence-electron chi connectivity index (χ2n) is 4.57. The zero-order valence-corrected chi connectivity index (χ0v) is 12.8. The normalized spacial score (nSPS) is 11.7. The second kappa shape index (κ2) is 7.61. The maximum atomic E-state index is 11.9. The summed E-state index contributed by atoms with van der Waals surface area (Å²) in [6, 6.07) is 9.92. The summed E-state index contributed by atoms with van der Waals surface area (Å²) in [6.07, 6.45) is 0.826. The zero-order chi connectivity index (χ0) is 15.9. The average molecular weight is 322 g/mol. The molecule has 1 N–H and O–H groups in total. The minimum atomic E-state index is -0.694. The molecule has 1 unspecified atom stereocenters. The molecule has 1 amide bonds. The van der Waals surface area contributed by atoms with Crippen molar-refractivity contribution in [1.82, 2.24) is 15.1 Å². The van der Waals surface area contributed by atoms with E-state index in [1.54, 1.807) is 37.3 Å². The third-order valence-electron chi connectivity index (χ3n) is 2.92. The van der Waals surface area contributed by atoms with Crippen molar-refractivity contribution in [1.29, 1.82) is 0 Å². The highest BCUT2D eigenvalue weighted by atomic mass is 35.5. The first kappa shape index (κ1) is 16.0. The van der Waals surface area contributed by atoms with Gasteiger partial charge in [-0.1, -0.05) is 23.7 Å². The van der Waals surface area contributed by atoms with Crippen molar-refractivity contribution in [2.75, 3.05) is 6.54 Å². The summed E-state index contributed by atoms with van der Waals surface area (Å²) in [7, 11) is 0. The lowest BCUT2D eigenvalue weighted by atomic mass is 10.3. The average Bonchev–Trinajstić information content (AvgIpc) is 2.51. The Balaban J connectivity index is 1.83. The van der Waals surface area contributed by atoms with Crippen LogP contribution in [0.4, 0.5) is 0 Å². The van der Waals surface area contributed by atoms with E-state index in [9.17, 15) is 9.59 Å². The number of halogens is 1. The van der Waals surface area contributed by atoms with Gasteiger partial charge < -0.3 is 10.1 Å². The molecule has 0 saturated carbocycles. The molecular formula is C15H16ClN3O3. The molecule has 1 heterocycles. The van der Waals surface area contributed by atoms with E-state index in [1.807, 2.05) is 0 Å². The smallest absolute Gasteiger partial charge is 0.266 e. The predicted molar refractivity (Wildman–Crippen MR) is 83.0 cm³/mol. The Bertz CT molecular complexity index is 702. The molecule has 0 radical (unpaired) electrons. The van der Waals surface area contributed by atoms with Gasteiger partial charge in [-0.2, -0.15) is 5.10 Å². The molecule has 0 aliphatic rings. The summed E-state index contributed by atoms with van der Waals surface area (Å²) >= 11 is 5.97. The van der Waals surface area contributed by atoms with Crippen molar-refractivity contribution in [3.63, 3.8) is 0 Å². The number of amides is 1. The van der Waals surface area contributed by atoms with Crippen LogP contribution in [0.1, 0.15) is 6.92 Å². The van der Waals surface area contributed by atoms with Gasteiger partial charge in [-0.05, 0) is 25.1 Å². The van der Waals surface area contributed by atoms with Crippen molar-refractivity contribution in [2.45, 2.75) is 19.6 Å². The topological polar surface area (TPSA) is 73.2 Å². The number of nitrogens with zero attached hydrogens (tertiary/aromatic N) is 2. The molecule has 2 rings (SSSR count). The largest absolute Gasteiger partial charge is 0.479 e. The first-order chi connectivity index (χ1) is 10.6. The fourth-order valence-corrected chi connectivity index (χ4v) is 1.95. The minimum absolute atomic E-state index is 0.211. The van der Waals surface area contributed by atoms with E-state index < -0.39 is 6.10 Å². The quantitative estimate of drug-likeness (QED) is 0.874. The third kappa shape index (κ3) is 4.33. The Morgan fingerprint density at radius 2 is 2.14 bits per heavy atom. The molecular weight excluding hydrogens is 306 g/mol. The molecule has 116 valence electrons. The third-order valence-corrected chi connectivity index (χ3v) is 3.23. The molecule has 0 aliphatic carbocycles. The maximum Gasteiger partial charge on any atom is 0.266 e. The van der Waals surface area contributed by atoms with E-state index in [-0.39, 0.29) is 18.0 Å². The molecule has 22 heavy (non-hydrogen) atoms. The number of aromatic nitrogens is 2. The van der Waals surface area contributed by atoms with Gasteiger partial charge in [-0.25, -0.2) is 4.68 Å². The summed E-state index contributed by atoms with van der Waals surface area (Å²) in [5.74, 6) is 0.164. The Morgan fingerprint density at radius 3 is 2.86 bits per heavy atom. The van der Waals surface area contributed by atoms with Crippen LogP contribution in [0.25, 0.3) is 0 Å². The molecule has 2 aromatic rings. The van der Waals surface area contributed by atoms with Crippen molar-refractivity contribution in [2.24, 2.45) is 0 Å². The Kier molecular flexibility index (Phi) is 5.55. The standard InChI is InChI=1S/C15H16ClN3O3/c1-11(22-13-6-3-2-5-12(13)16)15(21)17-9-10-19-14(20)7-4-8-18-19/h2-8,11H,9-10H2,1H3,(H,17,21). The van der Waals surface area contributed by atoms with Gasteiger partial charge in [0.05, 0.1) is 11.6 Å². The lowest BCUT2D eigenvalue weighted by molar-refractivity contribution is -0.127. The van der Waals surface area contributed by atoms with E-state index >= 15 is 0 Å². The van der Waals surface area contributed by atoms with Gasteiger partial charge in [0.2, 0.25) is 0 Å². The molecule has 1 aromatic carbocycles. The summed E-state index contributed by atoms with van der Waals surface area (Å²) < 4.78 is 6.78. The fourth-order valence-electron chi connectivity index (χ4n) is 1.77. The molecule has 0 bridgehead atoms. The maximum absolute atomic E-state index is 11.9. The van der Waals surface area contributed by atoms with Gasteiger partial charge in [0.15, 0.2) is 6.10 Å². The fraction of sp³-hybridized carbons (Fsp3) is 0.267. The van der Waals surface area contributed by atoms with Gasteiger partial charge in [-0.3, -0.25) is 9.59 Å². The lowest BCUT2D eigenvalue weighted by Crippen LogP contribution is -2.39. The SMILES string of the molecule is CC(Oc1ccccc1Cl)C(=O)NCCn1ncccc1=O. The summed E-state index contributed by atoms with van der Waals surface area (Å²) in [4.78, 5) is 23.4. The monoisotopic (exact) mass is 321 g/mol. The van der Waals surface area contributed by atoms with Crippen molar-refractivity contribution < 1.29 is 9.53 Å². The summed E-state index contributed by atoms with van der Waals surface area (Å²) in [6.45, 7) is 2.21. The molecule has 1 aromatic heterocycles. The predicted octanol–water partition coefficient (Wildman–Crippen LogP) is 1.48. The van der Waals surface area contributed by atoms with Gasteiger partial charge in [0.25, 0.3) is 11.5 Å². The van der Waals surface area contributed by atoms with Gasteiger partial charge >= 0.3 is 0 Å². The molecule has 0 saturated heterocycles. The van der Waals surface area contributed by atoms with E-state index in [0.717, 1.165) is 0 Å². The van der Waals surface area contributed by atoms with E-state index in [4.69, 9.17) is 16.3 Å². The number of nitrogens with one attached hydrogen (secondary N) is 1. The van der Waals surface area contributed by atoms with E-state index in [1.165, 1.54) is 16.9 Å². The molecule has 0 aliphatic heterocycles. The number of carbonyl (C=O) groups excluding carboxylic acids is 1. The van der Waals surface area contributed by atoms with E-state index in [2.05, 4.69) is 10.4 Å². The first-order valence-corrected chi connectivity index (χ1v) is 7.17. The van der Waals surface area contributed by atoms with Gasteiger partial charge in [-0.15, -0.1) is 0 Å². The zero-order valence-electron chi connectivity index (χ0n) is 12.0. The van der Waals surface area contributed by atoms with Crippen LogP contribution in [0, 0.1) is 0 Å². The Hall–Kier alpha value is -2.34. The molecule has 7 heteroatoms. The van der Waals surface area contributed by atoms with Crippen molar-refractivity contribution in [3.8, 4) is 5.75 Å². The number of benzene rings is 1. The lowest BCUT2D eigenvalue weighted by Gasteiger charge is -2.15. The number of para-hydroxylation sites is 1. The van der Waals surface area contributed by atoms with Crippen LogP contribution in [-0.4, -0.2) is 28.3 Å². The summed E-state index contributed by atoms with van der Waals surface area (Å²) in [5, 5.41) is 7.04. The molecule has 0 fully saturated rings. The highest BCUT2D eigenvalue weighted by Crippen LogP contribution is 2.24. The van der Waals surface area contributed by atoms with Gasteiger partial charge in [0, 0.05) is 18.8 Å². The Morgan fingerprint density at radius 1 is 1.36 bits per heavy atom. The molecule has 6 nitrogen and oxygen atoms in total. The first-order valence-electron chi connectivity index (χ1n) is 6.79. The van der Waals surface area contributed by atoms with Crippen molar-refractivity contribution in [3.05, 3.63) is 58.0 Å². The van der Waals surface area contributed by atoms with Crippen LogP contribution >= 0.6 is 11.6 Å². The summed E-state index contributed by atoms with van der Waals surface area (Å²) in [5.41, 5.74) is -0.211. The second-order valence-corrected chi connectivity index (χ2v) is 4.97. The van der Waals surface area contributed by atoms with Crippen LogP contribution < -0.4 is 15.6 Å². The van der Waals surface area contributed by atoms with Crippen LogP contribution in [0.15, 0.2) is 47.4 Å². The van der Waals surface area contributed by atoms with Crippen LogP contribution in [0.3, 0.4) is 0 Å². The van der Waals surface area contributed by atoms with Crippen molar-refractivity contribution >= 4 is 17.5 Å². The van der Waals surface area contributed by atoms with E-state index in [0.29, 0.717) is 17.3 Å². The van der Waals surface area contributed by atoms with Crippen LogP contribution in [0.5, 0.6) is 5.75 Å². The molecule has 1 atom stereocenters. The molecule has 0 spiro atoms. The number of carbonyl (C=O) groups is 1. The van der Waals surface area contributed by atoms with Crippen LogP contribution in [0.2, 0.25) is 5.02 Å². The number of ether oxygens (including phenoxy) is 1. The highest BCUT2D eigenvalue weighted by molar-refractivity contribution is 6.32. The highest BCUT2D eigenvalue weighted by Gasteiger charge is 2.15. The van der Waals surface area contributed by atoms with Crippen LogP contribution in [-0.2, 0) is 11.3 Å².